The van der Waals surface area contributed by atoms with Gasteiger partial charge in [0.25, 0.3) is 0 Å². The molecule has 0 amide bonds. The second-order valence-electron chi connectivity index (χ2n) is 3.83. The number of imidazole rings is 1. The van der Waals surface area contributed by atoms with Gasteiger partial charge in [-0.2, -0.15) is 0 Å². The van der Waals surface area contributed by atoms with Gasteiger partial charge in [0.15, 0.2) is 0 Å². The van der Waals surface area contributed by atoms with Crippen molar-refractivity contribution in [3.63, 3.8) is 0 Å². The highest BCUT2D eigenvalue weighted by Gasteiger charge is 2.18. The molecule has 2 aromatic rings. The topological polar surface area (TPSA) is 55.9 Å². The van der Waals surface area contributed by atoms with Gasteiger partial charge in [-0.05, 0) is 50.4 Å². The highest BCUT2D eigenvalue weighted by Crippen LogP contribution is 2.36. The van der Waals surface area contributed by atoms with Crippen molar-refractivity contribution in [1.82, 2.24) is 15.0 Å². The van der Waals surface area contributed by atoms with Gasteiger partial charge in [0, 0.05) is 25.4 Å². The molecule has 0 radical (unpaired) electrons. The Morgan fingerprint density at radius 3 is 2.89 bits per heavy atom. The van der Waals surface area contributed by atoms with E-state index in [-0.39, 0.29) is 6.04 Å². The van der Waals surface area contributed by atoms with E-state index in [1.54, 1.807) is 11.3 Å². The van der Waals surface area contributed by atoms with Crippen LogP contribution in [-0.4, -0.2) is 9.55 Å². The number of thiophene rings is 1. The lowest BCUT2D eigenvalue weighted by Crippen LogP contribution is -2.30. The zero-order valence-corrected chi connectivity index (χ0v) is 13.8. The van der Waals surface area contributed by atoms with E-state index < -0.39 is 0 Å². The first kappa shape index (κ1) is 14.2. The van der Waals surface area contributed by atoms with E-state index in [4.69, 9.17) is 5.84 Å². The molecule has 0 bridgehead atoms. The molecule has 0 spiro atoms. The molecule has 0 saturated heterocycles. The van der Waals surface area contributed by atoms with E-state index in [2.05, 4.69) is 59.8 Å². The maximum Gasteiger partial charge on any atom is 0.110 e. The van der Waals surface area contributed by atoms with Gasteiger partial charge in [0.2, 0.25) is 0 Å². The Bertz CT molecular complexity index is 523. The van der Waals surface area contributed by atoms with Crippen molar-refractivity contribution in [2.24, 2.45) is 5.84 Å². The van der Waals surface area contributed by atoms with Crippen LogP contribution in [0.25, 0.3) is 0 Å². The zero-order chi connectivity index (χ0) is 13.1. The van der Waals surface area contributed by atoms with Gasteiger partial charge in [-0.25, -0.2) is 4.98 Å². The molecule has 1 unspecified atom stereocenters. The first-order valence-corrected chi connectivity index (χ1v) is 7.96. The van der Waals surface area contributed by atoms with E-state index in [0.29, 0.717) is 0 Å². The number of hydrogen-bond donors (Lipinski definition) is 2. The number of nitrogens with two attached hydrogens (primary N) is 1. The largest absolute Gasteiger partial charge is 0.335 e. The molecule has 4 nitrogen and oxygen atoms in total. The minimum absolute atomic E-state index is 0.0506. The normalized spacial score (nSPS) is 12.9. The smallest absolute Gasteiger partial charge is 0.110 e. The number of aromatic nitrogens is 2. The maximum atomic E-state index is 5.67. The second kappa shape index (κ2) is 6.29. The first-order chi connectivity index (χ1) is 8.65. The van der Waals surface area contributed by atoms with E-state index in [1.165, 1.54) is 0 Å². The number of nitrogens with one attached hydrogen (secondary N) is 1. The molecule has 1 atom stereocenters. The van der Waals surface area contributed by atoms with Gasteiger partial charge in [-0.15, -0.1) is 11.3 Å². The van der Waals surface area contributed by atoms with E-state index in [9.17, 15) is 0 Å². The maximum absolute atomic E-state index is 5.67. The van der Waals surface area contributed by atoms with Crippen molar-refractivity contribution in [2.75, 3.05) is 0 Å². The fourth-order valence-electron chi connectivity index (χ4n) is 1.85. The van der Waals surface area contributed by atoms with Gasteiger partial charge in [0.1, 0.15) is 5.82 Å². The summed E-state index contributed by atoms with van der Waals surface area (Å²) in [4.78, 5) is 4.38. The third-order valence-corrected chi connectivity index (χ3v) is 5.17. The number of nitrogens with zero attached hydrogens (tertiary/aromatic N) is 2. The minimum atomic E-state index is 0.0506. The van der Waals surface area contributed by atoms with Gasteiger partial charge in [-0.3, -0.25) is 11.3 Å². The predicted molar refractivity (Wildman–Crippen MR) is 81.4 cm³/mol. The number of hydrogen-bond acceptors (Lipinski definition) is 4. The summed E-state index contributed by atoms with van der Waals surface area (Å²) in [6.07, 6.45) is 4.57. The van der Waals surface area contributed by atoms with Crippen LogP contribution in [0, 0.1) is 0 Å². The third kappa shape index (κ3) is 3.03. The molecule has 7 heteroatoms. The second-order valence-corrected chi connectivity index (χ2v) is 7.58. The fraction of sp³-hybridized carbons (Fsp3) is 0.364. The SMILES string of the molecule is CCn1ccnc1CC(NN)c1cc(Br)sc1Br. The van der Waals surface area contributed by atoms with Crippen LogP contribution in [0.15, 0.2) is 26.0 Å². The number of rotatable bonds is 5. The monoisotopic (exact) mass is 392 g/mol. The number of halogens is 2. The van der Waals surface area contributed by atoms with Gasteiger partial charge in [0.05, 0.1) is 13.6 Å². The Balaban J connectivity index is 2.22. The van der Waals surface area contributed by atoms with Gasteiger partial charge in [-0.1, -0.05) is 0 Å². The molecule has 0 aliphatic carbocycles. The zero-order valence-electron chi connectivity index (χ0n) is 9.86. The Morgan fingerprint density at radius 1 is 1.56 bits per heavy atom. The molecule has 3 N–H and O–H groups in total. The van der Waals surface area contributed by atoms with E-state index in [0.717, 1.165) is 31.9 Å². The summed E-state index contributed by atoms with van der Waals surface area (Å²) in [5.41, 5.74) is 4.02. The average Bonchev–Trinajstić information content (AvgIpc) is 2.92. The van der Waals surface area contributed by atoms with Crippen molar-refractivity contribution in [2.45, 2.75) is 25.9 Å². The molecular weight excluding hydrogens is 380 g/mol. The molecule has 0 aliphatic rings. The Kier molecular flexibility index (Phi) is 4.97. The Labute approximate surface area is 127 Å². The van der Waals surface area contributed by atoms with Crippen LogP contribution < -0.4 is 11.3 Å². The van der Waals surface area contributed by atoms with Crippen LogP contribution in [0.2, 0.25) is 0 Å². The van der Waals surface area contributed by atoms with Crippen molar-refractivity contribution in [1.29, 1.82) is 0 Å². The highest BCUT2D eigenvalue weighted by atomic mass is 79.9. The van der Waals surface area contributed by atoms with Crippen LogP contribution in [0.4, 0.5) is 0 Å². The molecule has 2 rings (SSSR count). The highest BCUT2D eigenvalue weighted by molar-refractivity contribution is 9.12. The predicted octanol–water partition coefficient (Wildman–Crippen LogP) is 3.24. The lowest BCUT2D eigenvalue weighted by Gasteiger charge is -2.15. The summed E-state index contributed by atoms with van der Waals surface area (Å²) in [5, 5.41) is 0. The molecule has 18 heavy (non-hydrogen) atoms. The van der Waals surface area contributed by atoms with Gasteiger partial charge < -0.3 is 4.57 Å². The molecule has 2 heterocycles. The summed E-state index contributed by atoms with van der Waals surface area (Å²) < 4.78 is 4.30. The van der Waals surface area contributed by atoms with Crippen LogP contribution in [-0.2, 0) is 13.0 Å². The van der Waals surface area contributed by atoms with Crippen LogP contribution in [0.5, 0.6) is 0 Å². The molecule has 98 valence electrons. The molecule has 2 aromatic heterocycles. The van der Waals surface area contributed by atoms with Crippen LogP contribution in [0.3, 0.4) is 0 Å². The van der Waals surface area contributed by atoms with Crippen molar-refractivity contribution in [3.05, 3.63) is 37.4 Å². The summed E-state index contributed by atoms with van der Waals surface area (Å²) >= 11 is 8.70. The molecule has 0 saturated carbocycles. The molecular formula is C11H14Br2N4S. The summed E-state index contributed by atoms with van der Waals surface area (Å²) in [6.45, 7) is 3.02. The lowest BCUT2D eigenvalue weighted by molar-refractivity contribution is 0.523. The molecule has 0 aliphatic heterocycles. The number of aryl methyl sites for hydroxylation is 1. The Morgan fingerprint density at radius 2 is 2.33 bits per heavy atom. The van der Waals surface area contributed by atoms with Crippen molar-refractivity contribution >= 4 is 43.2 Å². The summed E-state index contributed by atoms with van der Waals surface area (Å²) in [6, 6.07) is 2.13. The Hall–Kier alpha value is -0.210. The standard InChI is InChI=1S/C11H14Br2N4S/c1-2-17-4-3-15-10(17)6-8(16-14)7-5-9(12)18-11(7)13/h3-5,8,16H,2,6,14H2,1H3. The molecule has 0 fully saturated rings. The quantitative estimate of drug-likeness (QED) is 0.605. The minimum Gasteiger partial charge on any atom is -0.335 e. The first-order valence-electron chi connectivity index (χ1n) is 5.56. The fourth-order valence-corrected chi connectivity index (χ4v) is 4.82. The van der Waals surface area contributed by atoms with Crippen molar-refractivity contribution in [3.8, 4) is 0 Å². The van der Waals surface area contributed by atoms with Crippen LogP contribution in [0.1, 0.15) is 24.4 Å². The lowest BCUT2D eigenvalue weighted by atomic mass is 10.1. The van der Waals surface area contributed by atoms with E-state index in [1.807, 2.05) is 12.4 Å². The van der Waals surface area contributed by atoms with Crippen LogP contribution >= 0.6 is 43.2 Å². The van der Waals surface area contributed by atoms with E-state index >= 15 is 0 Å². The van der Waals surface area contributed by atoms with Crippen molar-refractivity contribution < 1.29 is 0 Å². The summed E-state index contributed by atoms with van der Waals surface area (Å²) in [5.74, 6) is 6.71. The number of hydrazine groups is 1. The summed E-state index contributed by atoms with van der Waals surface area (Å²) in [7, 11) is 0. The van der Waals surface area contributed by atoms with Gasteiger partial charge >= 0.3 is 0 Å². The average molecular weight is 394 g/mol. The molecule has 0 aromatic carbocycles. The third-order valence-electron chi connectivity index (χ3n) is 2.79.